The van der Waals surface area contributed by atoms with E-state index >= 15 is 0 Å². The van der Waals surface area contributed by atoms with Gasteiger partial charge in [-0.05, 0) is 128 Å². The van der Waals surface area contributed by atoms with Crippen LogP contribution >= 0.6 is 0 Å². The molecule has 9 nitrogen and oxygen atoms in total. The molecule has 2 unspecified atom stereocenters. The quantitative estimate of drug-likeness (QED) is 0.0211. The first-order valence-electron chi connectivity index (χ1n) is 35.3. The number of ether oxygens (including phenoxy) is 4. The molecule has 0 amide bonds. The van der Waals surface area contributed by atoms with E-state index in [-0.39, 0.29) is 38.6 Å². The monoisotopic (exact) mass is 1230 g/mol. The second-order valence-electron chi connectivity index (χ2n) is 24.1. The highest BCUT2D eigenvalue weighted by Crippen LogP contribution is 2.16. The predicted molar refractivity (Wildman–Crippen MR) is 382 cm³/mol. The number of hydrogen-bond donors (Lipinski definition) is 1. The Hall–Kier alpha value is -5.35. The second-order valence-corrected chi connectivity index (χ2v) is 24.1. The molecular formula is C80H130NO8+. The first kappa shape index (κ1) is 83.7. The van der Waals surface area contributed by atoms with E-state index in [1.165, 1.54) is 89.9 Å². The number of unbranched alkanes of at least 4 members (excludes halogenated alkanes) is 20. The average molecular weight is 1230 g/mol. The van der Waals surface area contributed by atoms with E-state index in [0.717, 1.165) is 135 Å². The zero-order valence-corrected chi connectivity index (χ0v) is 57.3. The lowest BCUT2D eigenvalue weighted by atomic mass is 10.0. The summed E-state index contributed by atoms with van der Waals surface area (Å²) in [6.07, 6.45) is 100. The van der Waals surface area contributed by atoms with Crippen LogP contribution in [0.5, 0.6) is 0 Å². The van der Waals surface area contributed by atoms with Crippen LogP contribution in [0.15, 0.2) is 170 Å². The van der Waals surface area contributed by atoms with Gasteiger partial charge in [0.25, 0.3) is 6.29 Å². The standard InChI is InChI=1S/C80H129NO8/c1-6-8-10-12-14-16-18-20-22-24-26-28-30-32-34-36-38-39-41-43-45-47-49-51-53-55-57-59-61-63-65-67-69-71-78(83)89-76(75-88-80(79(84)85)86-73-72-81(3,4)5)74-87-77(82)70-68-66-64-62-60-58-56-54-52-50-48-46-44-42-40-37-35-33-31-29-27-25-23-21-19-17-15-13-11-9-7-2/h8-11,14-17,20-23,26-29,32-35,38-40,42-43,45,49,51,76,80H,6-7,12-13,18-19,24-25,30-31,36-37,41,44,46-48,50,52-75H2,1-5H3/p+1/b10-8-,11-9-,16-14-,17-15-,22-20-,23-21-,28-26-,29-27-,34-32-,35-33-,39-38-,42-40-,45-43-,51-49-. The van der Waals surface area contributed by atoms with Gasteiger partial charge in [-0.3, -0.25) is 9.59 Å². The number of carboxylic acid groups (broad SMARTS) is 1. The van der Waals surface area contributed by atoms with Crippen molar-refractivity contribution in [3.05, 3.63) is 170 Å². The highest BCUT2D eigenvalue weighted by atomic mass is 16.7. The van der Waals surface area contributed by atoms with Crippen molar-refractivity contribution in [1.29, 1.82) is 0 Å². The number of hydrogen-bond acceptors (Lipinski definition) is 7. The fraction of sp³-hybridized carbons (Fsp3) is 0.613. The molecule has 1 N–H and O–H groups in total. The largest absolute Gasteiger partial charge is 0.477 e. The molecule has 0 aromatic carbocycles. The highest BCUT2D eigenvalue weighted by molar-refractivity contribution is 5.71. The minimum atomic E-state index is -1.52. The van der Waals surface area contributed by atoms with Gasteiger partial charge in [-0.15, -0.1) is 0 Å². The van der Waals surface area contributed by atoms with Crippen LogP contribution in [0, 0.1) is 0 Å². The van der Waals surface area contributed by atoms with Gasteiger partial charge in [-0.2, -0.15) is 0 Å². The topological polar surface area (TPSA) is 108 Å². The molecule has 0 aromatic heterocycles. The molecule has 0 saturated carbocycles. The van der Waals surface area contributed by atoms with Gasteiger partial charge in [-0.1, -0.05) is 287 Å². The van der Waals surface area contributed by atoms with E-state index in [4.69, 9.17) is 18.9 Å². The molecule has 0 aliphatic carbocycles. The Kier molecular flexibility index (Phi) is 64.4. The third-order valence-corrected chi connectivity index (χ3v) is 14.5. The van der Waals surface area contributed by atoms with Crippen LogP contribution in [0.1, 0.15) is 258 Å². The van der Waals surface area contributed by atoms with Gasteiger partial charge < -0.3 is 28.5 Å². The number of allylic oxidation sites excluding steroid dienone is 28. The summed E-state index contributed by atoms with van der Waals surface area (Å²) in [5, 5.41) is 9.75. The summed E-state index contributed by atoms with van der Waals surface area (Å²) >= 11 is 0. The number of carbonyl (C=O) groups excluding carboxylic acids is 2. The van der Waals surface area contributed by atoms with E-state index in [0.29, 0.717) is 17.4 Å². The van der Waals surface area contributed by atoms with Crippen molar-refractivity contribution >= 4 is 17.9 Å². The van der Waals surface area contributed by atoms with Crippen molar-refractivity contribution in [2.24, 2.45) is 0 Å². The highest BCUT2D eigenvalue weighted by Gasteiger charge is 2.25. The Morgan fingerprint density at radius 3 is 0.899 bits per heavy atom. The third kappa shape index (κ3) is 70.0. The summed E-state index contributed by atoms with van der Waals surface area (Å²) in [6, 6.07) is 0. The van der Waals surface area contributed by atoms with Gasteiger partial charge in [0.2, 0.25) is 0 Å². The van der Waals surface area contributed by atoms with Gasteiger partial charge >= 0.3 is 17.9 Å². The Morgan fingerprint density at radius 2 is 0.607 bits per heavy atom. The van der Waals surface area contributed by atoms with E-state index < -0.39 is 24.3 Å². The van der Waals surface area contributed by atoms with E-state index in [1.54, 1.807) is 0 Å². The molecule has 0 saturated heterocycles. The maximum absolute atomic E-state index is 13.0. The first-order valence-corrected chi connectivity index (χ1v) is 35.3. The molecule has 89 heavy (non-hydrogen) atoms. The molecule has 9 heteroatoms. The van der Waals surface area contributed by atoms with Crippen molar-refractivity contribution in [2.75, 3.05) is 47.5 Å². The Morgan fingerprint density at radius 1 is 0.337 bits per heavy atom. The molecular weight excluding hydrogens is 1100 g/mol. The number of esters is 2. The number of carboxylic acids is 1. The zero-order chi connectivity index (χ0) is 64.7. The Balaban J connectivity index is 4.20. The van der Waals surface area contributed by atoms with Crippen LogP contribution in [-0.2, 0) is 33.3 Å². The lowest BCUT2D eigenvalue weighted by Crippen LogP contribution is -2.40. The van der Waals surface area contributed by atoms with E-state index in [2.05, 4.69) is 184 Å². The summed E-state index contributed by atoms with van der Waals surface area (Å²) in [5.41, 5.74) is 0. The fourth-order valence-corrected chi connectivity index (χ4v) is 9.15. The molecule has 0 heterocycles. The van der Waals surface area contributed by atoms with Gasteiger partial charge in [0.1, 0.15) is 13.2 Å². The van der Waals surface area contributed by atoms with Crippen molar-refractivity contribution in [3.63, 3.8) is 0 Å². The fourth-order valence-electron chi connectivity index (χ4n) is 9.15. The molecule has 0 spiro atoms. The normalized spacial score (nSPS) is 13.8. The number of aliphatic carboxylic acids is 1. The molecule has 0 radical (unpaired) electrons. The van der Waals surface area contributed by atoms with Crippen molar-refractivity contribution in [2.45, 2.75) is 270 Å². The van der Waals surface area contributed by atoms with Crippen molar-refractivity contribution in [1.82, 2.24) is 0 Å². The van der Waals surface area contributed by atoms with E-state index in [1.807, 2.05) is 21.1 Å². The maximum atomic E-state index is 13.0. The minimum absolute atomic E-state index is 0.177. The zero-order valence-electron chi connectivity index (χ0n) is 57.3. The van der Waals surface area contributed by atoms with Crippen LogP contribution < -0.4 is 0 Å². The molecule has 0 bridgehead atoms. The Bertz CT molecular complexity index is 2070. The first-order chi connectivity index (χ1) is 43.6. The van der Waals surface area contributed by atoms with Crippen LogP contribution in [0.2, 0.25) is 0 Å². The Labute approximate surface area is 546 Å². The molecule has 502 valence electrons. The second kappa shape index (κ2) is 68.6. The summed E-state index contributed by atoms with van der Waals surface area (Å²) < 4.78 is 23.0. The van der Waals surface area contributed by atoms with Gasteiger partial charge in [-0.25, -0.2) is 4.79 Å². The van der Waals surface area contributed by atoms with Crippen LogP contribution in [0.3, 0.4) is 0 Å². The smallest absolute Gasteiger partial charge is 0.361 e. The molecule has 0 rings (SSSR count). The number of quaternary nitrogens is 1. The number of likely N-dealkylation sites (N-methyl/N-ethyl adjacent to an activating group) is 1. The molecule has 0 fully saturated rings. The lowest BCUT2D eigenvalue weighted by Gasteiger charge is -2.25. The van der Waals surface area contributed by atoms with E-state index in [9.17, 15) is 19.5 Å². The molecule has 0 aromatic rings. The SMILES string of the molecule is CC/C=C\C/C=C\C/C=C\C/C=C\C/C=C\C/C=C\C/C=C\C/C=C\CCCCCCCCCCC(=O)OC(COC(=O)CCCCCCCCCCCCCC/C=C\C/C=C\C/C=C\C/C=C\C/C=C\C/C=C\CC)COC(OCC[N+](C)(C)C)C(=O)O. The summed E-state index contributed by atoms with van der Waals surface area (Å²) in [7, 11) is 5.96. The third-order valence-electron chi connectivity index (χ3n) is 14.5. The van der Waals surface area contributed by atoms with Crippen LogP contribution in [-0.4, -0.2) is 87.4 Å². The van der Waals surface area contributed by atoms with Gasteiger partial charge in [0.05, 0.1) is 34.4 Å². The number of nitrogens with zero attached hydrogens (tertiary/aromatic N) is 1. The average Bonchev–Trinajstić information content (AvgIpc) is 3.64. The number of carbonyl (C=O) groups is 3. The minimum Gasteiger partial charge on any atom is -0.477 e. The summed E-state index contributed by atoms with van der Waals surface area (Å²) in [4.78, 5) is 37.7. The summed E-state index contributed by atoms with van der Waals surface area (Å²) in [5.74, 6) is -2.03. The predicted octanol–water partition coefficient (Wildman–Crippen LogP) is 22.2. The van der Waals surface area contributed by atoms with Crippen molar-refractivity contribution < 1.29 is 42.9 Å². The summed E-state index contributed by atoms with van der Waals surface area (Å²) in [6.45, 7) is 4.63. The molecule has 0 aliphatic rings. The van der Waals surface area contributed by atoms with Gasteiger partial charge in [0, 0.05) is 12.8 Å². The van der Waals surface area contributed by atoms with Crippen molar-refractivity contribution in [3.8, 4) is 0 Å². The number of rotatable bonds is 63. The van der Waals surface area contributed by atoms with Gasteiger partial charge in [0.15, 0.2) is 6.10 Å². The van der Waals surface area contributed by atoms with Crippen LogP contribution in [0.4, 0.5) is 0 Å². The molecule has 2 atom stereocenters. The van der Waals surface area contributed by atoms with Crippen LogP contribution in [0.25, 0.3) is 0 Å². The lowest BCUT2D eigenvalue weighted by molar-refractivity contribution is -0.870. The molecule has 0 aliphatic heterocycles. The maximum Gasteiger partial charge on any atom is 0.361 e.